The minimum absolute atomic E-state index is 0.00964. The second-order valence-electron chi connectivity index (χ2n) is 8.24. The van der Waals surface area contributed by atoms with Gasteiger partial charge in [-0.05, 0) is 68.2 Å². The third-order valence-corrected chi connectivity index (χ3v) is 6.02. The van der Waals surface area contributed by atoms with E-state index in [-0.39, 0.29) is 18.0 Å². The maximum absolute atomic E-state index is 13.0. The first-order valence-electron chi connectivity index (χ1n) is 11.0. The molecule has 0 bridgehead atoms. The van der Waals surface area contributed by atoms with Crippen LogP contribution in [-0.4, -0.2) is 34.5 Å². The molecule has 34 heavy (non-hydrogen) atoms. The van der Waals surface area contributed by atoms with Crippen molar-refractivity contribution in [1.82, 2.24) is 14.8 Å². The molecule has 8 heteroatoms. The number of carbonyl (C=O) groups is 3. The highest BCUT2D eigenvalue weighted by atomic mass is 16.5. The highest BCUT2D eigenvalue weighted by Crippen LogP contribution is 2.28. The van der Waals surface area contributed by atoms with Crippen molar-refractivity contribution in [2.45, 2.75) is 40.7 Å². The van der Waals surface area contributed by atoms with E-state index in [0.717, 1.165) is 34.0 Å². The van der Waals surface area contributed by atoms with E-state index < -0.39 is 17.9 Å². The van der Waals surface area contributed by atoms with Crippen molar-refractivity contribution in [2.75, 3.05) is 7.11 Å². The number of nitrogens with one attached hydrogen (secondary N) is 1. The number of imide groups is 1. The Labute approximate surface area is 197 Å². The number of methoxy groups -OCH3 is 1. The van der Waals surface area contributed by atoms with Crippen LogP contribution >= 0.6 is 0 Å². The Morgan fingerprint density at radius 2 is 1.91 bits per heavy atom. The number of hydrogen-bond acceptors (Lipinski definition) is 5. The third kappa shape index (κ3) is 4.03. The first-order valence-corrected chi connectivity index (χ1v) is 11.0. The predicted molar refractivity (Wildman–Crippen MR) is 126 cm³/mol. The van der Waals surface area contributed by atoms with Crippen LogP contribution in [0.5, 0.6) is 0 Å². The number of aryl methyl sites for hydroxylation is 3. The van der Waals surface area contributed by atoms with E-state index in [1.807, 2.05) is 19.9 Å². The van der Waals surface area contributed by atoms with Gasteiger partial charge < -0.3 is 19.0 Å². The molecule has 0 radical (unpaired) electrons. The molecule has 3 heterocycles. The largest absolute Gasteiger partial charge is 0.463 e. The lowest BCUT2D eigenvalue weighted by molar-refractivity contribution is -0.123. The molecule has 1 aliphatic rings. The van der Waals surface area contributed by atoms with Crippen LogP contribution in [0.1, 0.15) is 51.3 Å². The first-order chi connectivity index (χ1) is 16.2. The lowest BCUT2D eigenvalue weighted by Gasteiger charge is -2.17. The second kappa shape index (κ2) is 9.05. The van der Waals surface area contributed by atoms with E-state index in [1.165, 1.54) is 30.4 Å². The van der Waals surface area contributed by atoms with Crippen LogP contribution in [0.3, 0.4) is 0 Å². The molecule has 1 fully saturated rings. The van der Waals surface area contributed by atoms with E-state index in [9.17, 15) is 14.4 Å². The number of nitrogens with zero attached hydrogens (tertiary/aromatic N) is 2. The summed E-state index contributed by atoms with van der Waals surface area (Å²) in [4.78, 5) is 38.1. The van der Waals surface area contributed by atoms with Crippen molar-refractivity contribution in [3.05, 3.63) is 81.7 Å². The third-order valence-electron chi connectivity index (χ3n) is 6.02. The molecule has 2 aromatic heterocycles. The molecule has 4 rings (SSSR count). The average Bonchev–Trinajstić information content (AvgIpc) is 3.47. The van der Waals surface area contributed by atoms with Crippen LogP contribution in [0.25, 0.3) is 11.8 Å². The number of aromatic nitrogens is 1. The van der Waals surface area contributed by atoms with Gasteiger partial charge in [-0.15, -0.1) is 0 Å². The van der Waals surface area contributed by atoms with Crippen molar-refractivity contribution in [3.8, 4) is 5.69 Å². The normalized spacial score (nSPS) is 14.7. The Morgan fingerprint density at radius 3 is 2.62 bits per heavy atom. The molecular formula is C26H27N3O5. The quantitative estimate of drug-likeness (QED) is 0.333. The number of benzene rings is 1. The van der Waals surface area contributed by atoms with Gasteiger partial charge in [0.2, 0.25) is 5.76 Å². The molecule has 0 aliphatic carbocycles. The van der Waals surface area contributed by atoms with E-state index in [1.54, 1.807) is 6.08 Å². The minimum Gasteiger partial charge on any atom is -0.463 e. The molecule has 1 N–H and O–H groups in total. The van der Waals surface area contributed by atoms with Crippen LogP contribution in [0, 0.1) is 20.8 Å². The first kappa shape index (κ1) is 23.1. The van der Waals surface area contributed by atoms with Crippen LogP contribution in [0.15, 0.2) is 46.5 Å². The van der Waals surface area contributed by atoms with E-state index in [4.69, 9.17) is 4.42 Å². The summed E-state index contributed by atoms with van der Waals surface area (Å²) in [5, 5.41) is 2.65. The summed E-state index contributed by atoms with van der Waals surface area (Å²) < 4.78 is 12.2. The lowest BCUT2D eigenvalue weighted by Crippen LogP contribution is -2.30. The zero-order chi connectivity index (χ0) is 24.6. The number of carbonyl (C=O) groups excluding carboxylic acids is 3. The summed E-state index contributed by atoms with van der Waals surface area (Å²) in [6, 6.07) is 10.7. The predicted octanol–water partition coefficient (Wildman–Crippen LogP) is 4.44. The molecule has 0 spiro atoms. The van der Waals surface area contributed by atoms with Gasteiger partial charge in [0.05, 0.1) is 19.3 Å². The topological polar surface area (TPSA) is 93.8 Å². The SMILES string of the molecule is CCc1cccc(C)c1-n1c(C)cc(C=C2NC(=O)N(Cc3ccc(C(=O)OC)o3)C2=O)c1C. The molecular weight excluding hydrogens is 434 g/mol. The number of amides is 3. The van der Waals surface area contributed by atoms with E-state index in [0.29, 0.717) is 5.76 Å². The second-order valence-corrected chi connectivity index (χ2v) is 8.24. The minimum atomic E-state index is -0.626. The molecule has 3 amide bonds. The zero-order valence-electron chi connectivity index (χ0n) is 19.9. The van der Waals surface area contributed by atoms with Gasteiger partial charge in [0, 0.05) is 11.4 Å². The molecule has 1 saturated heterocycles. The molecule has 0 unspecified atom stereocenters. The fourth-order valence-electron chi connectivity index (χ4n) is 4.30. The summed E-state index contributed by atoms with van der Waals surface area (Å²) in [6.45, 7) is 8.15. The average molecular weight is 462 g/mol. The van der Waals surface area contributed by atoms with E-state index in [2.05, 4.69) is 46.7 Å². The van der Waals surface area contributed by atoms with Gasteiger partial charge in [0.1, 0.15) is 11.5 Å². The van der Waals surface area contributed by atoms with Gasteiger partial charge in [-0.3, -0.25) is 9.69 Å². The highest BCUT2D eigenvalue weighted by molar-refractivity contribution is 6.14. The summed E-state index contributed by atoms with van der Waals surface area (Å²) >= 11 is 0. The summed E-state index contributed by atoms with van der Waals surface area (Å²) in [7, 11) is 1.25. The number of furan rings is 1. The number of esters is 1. The number of ether oxygens (including phenoxy) is 1. The van der Waals surface area contributed by atoms with Gasteiger partial charge in [-0.1, -0.05) is 25.1 Å². The highest BCUT2D eigenvalue weighted by Gasteiger charge is 2.34. The van der Waals surface area contributed by atoms with Crippen molar-refractivity contribution < 1.29 is 23.5 Å². The molecule has 0 atom stereocenters. The smallest absolute Gasteiger partial charge is 0.373 e. The summed E-state index contributed by atoms with van der Waals surface area (Å²) in [5.41, 5.74) is 6.59. The molecule has 0 saturated carbocycles. The standard InChI is InChI=1S/C26H27N3O5/c1-6-18-9-7-8-15(2)23(18)29-16(3)12-19(17(29)4)13-21-24(30)28(26(32)27-21)14-20-10-11-22(34-20)25(31)33-5/h7-13H,6,14H2,1-5H3,(H,27,32). The summed E-state index contributed by atoms with van der Waals surface area (Å²) in [6.07, 6.45) is 2.60. The van der Waals surface area contributed by atoms with Gasteiger partial charge in [0.25, 0.3) is 5.91 Å². The van der Waals surface area contributed by atoms with Crippen LogP contribution < -0.4 is 5.32 Å². The Bertz CT molecular complexity index is 1330. The Balaban J connectivity index is 1.63. The Morgan fingerprint density at radius 1 is 1.15 bits per heavy atom. The number of hydrogen-bond donors (Lipinski definition) is 1. The van der Waals surface area contributed by atoms with Crippen LogP contribution in [0.2, 0.25) is 0 Å². The van der Waals surface area contributed by atoms with Crippen LogP contribution in [0.4, 0.5) is 4.79 Å². The number of rotatable bonds is 6. The molecule has 176 valence electrons. The summed E-state index contributed by atoms with van der Waals surface area (Å²) in [5.74, 6) is -0.777. The lowest BCUT2D eigenvalue weighted by atomic mass is 10.1. The van der Waals surface area contributed by atoms with Crippen molar-refractivity contribution in [3.63, 3.8) is 0 Å². The van der Waals surface area contributed by atoms with Crippen molar-refractivity contribution in [2.24, 2.45) is 0 Å². The monoisotopic (exact) mass is 461 g/mol. The van der Waals surface area contributed by atoms with Gasteiger partial charge in [-0.25, -0.2) is 9.59 Å². The fraction of sp³-hybridized carbons (Fsp3) is 0.269. The van der Waals surface area contributed by atoms with Gasteiger partial charge >= 0.3 is 12.0 Å². The molecule has 1 aromatic carbocycles. The number of urea groups is 1. The van der Waals surface area contributed by atoms with Crippen molar-refractivity contribution >= 4 is 24.0 Å². The molecule has 1 aliphatic heterocycles. The maximum atomic E-state index is 13.0. The molecule has 8 nitrogen and oxygen atoms in total. The maximum Gasteiger partial charge on any atom is 0.373 e. The fourth-order valence-corrected chi connectivity index (χ4v) is 4.30. The Kier molecular flexibility index (Phi) is 6.15. The van der Waals surface area contributed by atoms with E-state index >= 15 is 0 Å². The molecule has 3 aromatic rings. The zero-order valence-corrected chi connectivity index (χ0v) is 19.9. The van der Waals surface area contributed by atoms with Crippen molar-refractivity contribution in [1.29, 1.82) is 0 Å². The number of para-hydroxylation sites is 1. The van der Waals surface area contributed by atoms with Gasteiger partial charge in [0.15, 0.2) is 0 Å². The Hall–Kier alpha value is -4.07. The van der Waals surface area contributed by atoms with Crippen LogP contribution in [-0.2, 0) is 22.5 Å². The van der Waals surface area contributed by atoms with Gasteiger partial charge in [-0.2, -0.15) is 0 Å².